The zero-order valence-corrected chi connectivity index (χ0v) is 12.1. The Labute approximate surface area is 119 Å². The number of H-pyrrole nitrogens is 1. The van der Waals surface area contributed by atoms with Crippen molar-refractivity contribution >= 4 is 22.9 Å². The Kier molecular flexibility index (Phi) is 4.32. The van der Waals surface area contributed by atoms with Gasteiger partial charge in [-0.2, -0.15) is 5.10 Å². The molecule has 0 aliphatic carbocycles. The number of rotatable bonds is 7. The van der Waals surface area contributed by atoms with Crippen molar-refractivity contribution < 1.29 is 4.79 Å². The van der Waals surface area contributed by atoms with Crippen molar-refractivity contribution in [1.82, 2.24) is 10.2 Å². The highest BCUT2D eigenvalue weighted by molar-refractivity contribution is 6.03. The van der Waals surface area contributed by atoms with Crippen LogP contribution in [0.15, 0.2) is 24.4 Å². The Balaban J connectivity index is 2.32. The number of hydrogen-bond acceptors (Lipinski definition) is 3. The fraction of sp³-hybridized carbons (Fsp3) is 0.438. The first-order valence-corrected chi connectivity index (χ1v) is 7.07. The molecule has 0 amide bonds. The number of unbranched alkanes of at least 4 members (excludes halogenated alkanes) is 1. The van der Waals surface area contributed by atoms with E-state index in [9.17, 15) is 4.79 Å². The van der Waals surface area contributed by atoms with Crippen LogP contribution >= 0.6 is 0 Å². The number of nitrogens with one attached hydrogen (secondary N) is 2. The topological polar surface area (TPSA) is 69.6 Å². The van der Waals surface area contributed by atoms with Crippen molar-refractivity contribution in [2.75, 3.05) is 0 Å². The quantitative estimate of drug-likeness (QED) is 0.590. The number of fused-ring (bicyclic) bond motifs is 1. The second kappa shape index (κ2) is 5.99. The lowest BCUT2D eigenvalue weighted by atomic mass is 9.75. The molecular weight excluding hydrogens is 250 g/mol. The molecule has 0 aliphatic rings. The van der Waals surface area contributed by atoms with Crippen LogP contribution in [0.4, 0.5) is 0 Å². The minimum absolute atomic E-state index is 0.123. The molecule has 2 rings (SSSR count). The number of nitrogens with zero attached hydrogens (tertiary/aromatic N) is 1. The van der Waals surface area contributed by atoms with Crippen LogP contribution in [0, 0.1) is 10.8 Å². The van der Waals surface area contributed by atoms with Crippen LogP contribution in [0.1, 0.15) is 49.9 Å². The molecule has 20 heavy (non-hydrogen) atoms. The Bertz CT molecular complexity index is 617. The minimum Gasteiger partial charge on any atom is -0.313 e. The summed E-state index contributed by atoms with van der Waals surface area (Å²) in [5, 5.41) is 15.2. The number of aromatic nitrogens is 2. The molecule has 2 aromatic rings. The van der Waals surface area contributed by atoms with Gasteiger partial charge in [0.1, 0.15) is 0 Å². The van der Waals surface area contributed by atoms with E-state index in [2.05, 4.69) is 17.1 Å². The van der Waals surface area contributed by atoms with E-state index in [1.54, 1.807) is 6.20 Å². The maximum atomic E-state index is 12.8. The Morgan fingerprint density at radius 3 is 3.00 bits per heavy atom. The van der Waals surface area contributed by atoms with Crippen LogP contribution < -0.4 is 0 Å². The van der Waals surface area contributed by atoms with Gasteiger partial charge in [-0.3, -0.25) is 9.89 Å². The molecule has 1 unspecified atom stereocenters. The van der Waals surface area contributed by atoms with Crippen molar-refractivity contribution in [2.45, 2.75) is 39.5 Å². The molecule has 4 heteroatoms. The van der Waals surface area contributed by atoms with E-state index < -0.39 is 5.41 Å². The molecule has 1 aromatic carbocycles. The molecule has 4 nitrogen and oxygen atoms in total. The first kappa shape index (κ1) is 14.4. The largest absolute Gasteiger partial charge is 0.313 e. The zero-order valence-electron chi connectivity index (χ0n) is 12.1. The number of hydrogen-bond donors (Lipinski definition) is 2. The van der Waals surface area contributed by atoms with Crippen LogP contribution in [0.5, 0.6) is 0 Å². The van der Waals surface area contributed by atoms with Crippen LogP contribution in [0.2, 0.25) is 0 Å². The summed E-state index contributed by atoms with van der Waals surface area (Å²) in [4.78, 5) is 12.8. The monoisotopic (exact) mass is 271 g/mol. The van der Waals surface area contributed by atoms with E-state index in [1.807, 2.05) is 25.1 Å². The number of carbonyl (C=O) groups excluding carboxylic acids is 1. The Hall–Kier alpha value is -1.97. The van der Waals surface area contributed by atoms with E-state index in [0.29, 0.717) is 12.0 Å². The maximum Gasteiger partial charge on any atom is 0.169 e. The molecule has 0 fully saturated rings. The highest BCUT2D eigenvalue weighted by Crippen LogP contribution is 2.32. The first-order valence-electron chi connectivity index (χ1n) is 7.07. The van der Waals surface area contributed by atoms with Gasteiger partial charge in [0.15, 0.2) is 5.78 Å². The van der Waals surface area contributed by atoms with Gasteiger partial charge in [-0.05, 0) is 37.3 Å². The van der Waals surface area contributed by atoms with Gasteiger partial charge in [-0.25, -0.2) is 0 Å². The van der Waals surface area contributed by atoms with E-state index >= 15 is 0 Å². The number of aromatic amines is 1. The molecule has 1 heterocycles. The smallest absolute Gasteiger partial charge is 0.169 e. The van der Waals surface area contributed by atoms with Crippen molar-refractivity contribution in [3.63, 3.8) is 0 Å². The fourth-order valence-corrected chi connectivity index (χ4v) is 2.53. The third-order valence-electron chi connectivity index (χ3n) is 3.89. The van der Waals surface area contributed by atoms with Gasteiger partial charge >= 0.3 is 0 Å². The van der Waals surface area contributed by atoms with Crippen LogP contribution in [-0.2, 0) is 0 Å². The van der Waals surface area contributed by atoms with E-state index in [1.165, 1.54) is 6.21 Å². The lowest BCUT2D eigenvalue weighted by Crippen LogP contribution is -2.28. The van der Waals surface area contributed by atoms with Crippen molar-refractivity contribution in [1.29, 1.82) is 5.41 Å². The highest BCUT2D eigenvalue weighted by atomic mass is 16.1. The first-order chi connectivity index (χ1) is 9.60. The summed E-state index contributed by atoms with van der Waals surface area (Å²) in [6, 6.07) is 5.62. The fourth-order valence-electron chi connectivity index (χ4n) is 2.53. The maximum absolute atomic E-state index is 12.8. The van der Waals surface area contributed by atoms with Crippen molar-refractivity contribution in [2.24, 2.45) is 5.41 Å². The molecule has 0 bridgehead atoms. The molecule has 106 valence electrons. The molecule has 0 radical (unpaired) electrons. The molecule has 0 spiro atoms. The predicted molar refractivity (Wildman–Crippen MR) is 81.5 cm³/mol. The normalized spacial score (nSPS) is 14.1. The lowest BCUT2D eigenvalue weighted by Gasteiger charge is -2.26. The van der Waals surface area contributed by atoms with Crippen LogP contribution in [-0.4, -0.2) is 22.2 Å². The molecule has 0 saturated carbocycles. The average Bonchev–Trinajstić information content (AvgIpc) is 2.92. The Morgan fingerprint density at radius 2 is 2.30 bits per heavy atom. The number of ketones is 1. The van der Waals surface area contributed by atoms with E-state index in [0.717, 1.165) is 30.2 Å². The van der Waals surface area contributed by atoms with Gasteiger partial charge < -0.3 is 5.41 Å². The van der Waals surface area contributed by atoms with Gasteiger partial charge in [-0.15, -0.1) is 0 Å². The van der Waals surface area contributed by atoms with Crippen molar-refractivity contribution in [3.05, 3.63) is 30.0 Å². The summed E-state index contributed by atoms with van der Waals surface area (Å²) >= 11 is 0. The van der Waals surface area contributed by atoms with Gasteiger partial charge in [0.05, 0.1) is 11.7 Å². The zero-order chi connectivity index (χ0) is 14.6. The molecule has 1 atom stereocenters. The molecule has 1 aromatic heterocycles. The molecule has 0 saturated heterocycles. The molecule has 0 aliphatic heterocycles. The third-order valence-corrected chi connectivity index (χ3v) is 3.89. The summed E-state index contributed by atoms with van der Waals surface area (Å²) in [7, 11) is 0. The summed E-state index contributed by atoms with van der Waals surface area (Å²) in [6.45, 7) is 4.09. The Morgan fingerprint density at radius 1 is 1.50 bits per heavy atom. The van der Waals surface area contributed by atoms with E-state index in [-0.39, 0.29) is 5.78 Å². The SMILES string of the molecule is CCCCC(C)(CC=N)C(=O)c1ccc2[nH]ncc2c1. The second-order valence-electron chi connectivity index (χ2n) is 5.57. The van der Waals surface area contributed by atoms with Gasteiger partial charge in [0.25, 0.3) is 0 Å². The molecule has 2 N–H and O–H groups in total. The highest BCUT2D eigenvalue weighted by Gasteiger charge is 2.32. The second-order valence-corrected chi connectivity index (χ2v) is 5.57. The van der Waals surface area contributed by atoms with Gasteiger partial charge in [0, 0.05) is 16.4 Å². The third kappa shape index (κ3) is 2.79. The van der Waals surface area contributed by atoms with Gasteiger partial charge in [-0.1, -0.05) is 26.7 Å². The number of carbonyl (C=O) groups is 1. The lowest BCUT2D eigenvalue weighted by molar-refractivity contribution is 0.0809. The average molecular weight is 271 g/mol. The predicted octanol–water partition coefficient (Wildman–Crippen LogP) is 3.98. The summed E-state index contributed by atoms with van der Waals surface area (Å²) < 4.78 is 0. The molecular formula is C16H21N3O. The standard InChI is InChI=1S/C16H21N3O/c1-3-4-7-16(2,8-9-17)15(20)12-5-6-14-13(10-12)11-18-19-14/h5-6,9-11,17H,3-4,7-8H2,1-2H3,(H,18,19). The van der Waals surface area contributed by atoms with E-state index in [4.69, 9.17) is 5.41 Å². The number of benzene rings is 1. The minimum atomic E-state index is -0.477. The van der Waals surface area contributed by atoms with Crippen LogP contribution in [0.25, 0.3) is 10.9 Å². The van der Waals surface area contributed by atoms with Crippen molar-refractivity contribution in [3.8, 4) is 0 Å². The summed E-state index contributed by atoms with van der Waals surface area (Å²) in [6.07, 6.45) is 6.46. The van der Waals surface area contributed by atoms with Gasteiger partial charge in [0.2, 0.25) is 0 Å². The summed E-state index contributed by atoms with van der Waals surface area (Å²) in [5.74, 6) is 0.123. The summed E-state index contributed by atoms with van der Waals surface area (Å²) in [5.41, 5.74) is 1.16. The van der Waals surface area contributed by atoms with Crippen LogP contribution in [0.3, 0.4) is 0 Å². The number of Topliss-reactive ketones (excluding diaryl/α,β-unsaturated/α-hetero) is 1.